The first-order chi connectivity index (χ1) is 13.7. The number of aliphatic hydroxyl groups is 1. The van der Waals surface area contributed by atoms with Crippen LogP contribution in [0.2, 0.25) is 0 Å². The van der Waals surface area contributed by atoms with Gasteiger partial charge in [0.1, 0.15) is 18.2 Å². The fourth-order valence-corrected chi connectivity index (χ4v) is 4.46. The smallest absolute Gasteiger partial charge is 0.253 e. The average Bonchev–Trinajstić information content (AvgIpc) is 3.41. The van der Waals surface area contributed by atoms with E-state index in [4.69, 9.17) is 4.74 Å². The Balaban J connectivity index is 1.41. The molecule has 0 spiro atoms. The van der Waals surface area contributed by atoms with E-state index in [1.807, 2.05) is 30.0 Å². The van der Waals surface area contributed by atoms with Crippen molar-refractivity contribution in [1.82, 2.24) is 4.90 Å². The number of hydrogen-bond acceptors (Lipinski definition) is 3. The lowest BCUT2D eigenvalue weighted by Crippen LogP contribution is -2.40. The van der Waals surface area contributed by atoms with E-state index in [0.29, 0.717) is 23.8 Å². The third-order valence-corrected chi connectivity index (χ3v) is 6.21. The Morgan fingerprint density at radius 2 is 2.00 bits per heavy atom. The molecular formula is C24H28FNO3. The van der Waals surface area contributed by atoms with Crippen molar-refractivity contribution < 1.29 is 19.0 Å². The lowest BCUT2D eigenvalue weighted by atomic mass is 9.87. The first-order valence-electron chi connectivity index (χ1n) is 10.2. The molecule has 1 heterocycles. The molecule has 154 valence electrons. The van der Waals surface area contributed by atoms with Gasteiger partial charge in [-0.2, -0.15) is 0 Å². The zero-order valence-electron chi connectivity index (χ0n) is 17.2. The molecule has 2 aromatic carbocycles. The Labute approximate surface area is 171 Å². The molecule has 0 bridgehead atoms. The maximum atomic E-state index is 13.2. The molecule has 1 aliphatic carbocycles. The van der Waals surface area contributed by atoms with Crippen LogP contribution >= 0.6 is 0 Å². The van der Waals surface area contributed by atoms with E-state index in [0.717, 1.165) is 24.9 Å². The van der Waals surface area contributed by atoms with Gasteiger partial charge in [-0.25, -0.2) is 4.39 Å². The molecule has 1 amide bonds. The predicted molar refractivity (Wildman–Crippen MR) is 110 cm³/mol. The summed E-state index contributed by atoms with van der Waals surface area (Å²) in [5.41, 5.74) is 1.95. The van der Waals surface area contributed by atoms with Crippen LogP contribution in [0.15, 0.2) is 42.5 Å². The molecule has 0 aromatic heterocycles. The molecule has 2 atom stereocenters. The zero-order valence-corrected chi connectivity index (χ0v) is 17.2. The maximum absolute atomic E-state index is 13.2. The first kappa shape index (κ1) is 19.9. The third-order valence-electron chi connectivity index (χ3n) is 6.21. The van der Waals surface area contributed by atoms with Gasteiger partial charge in [0, 0.05) is 24.1 Å². The fraction of sp³-hybridized carbons (Fsp3) is 0.458. The van der Waals surface area contributed by atoms with Crippen molar-refractivity contribution >= 4 is 5.91 Å². The third kappa shape index (κ3) is 4.01. The monoisotopic (exact) mass is 397 g/mol. The van der Waals surface area contributed by atoms with E-state index < -0.39 is 5.60 Å². The molecule has 0 radical (unpaired) electrons. The second kappa shape index (κ2) is 7.13. The van der Waals surface area contributed by atoms with Gasteiger partial charge in [0.2, 0.25) is 0 Å². The maximum Gasteiger partial charge on any atom is 0.253 e. The van der Waals surface area contributed by atoms with Crippen LogP contribution < -0.4 is 4.74 Å². The van der Waals surface area contributed by atoms with Crippen molar-refractivity contribution in [1.29, 1.82) is 0 Å². The number of benzene rings is 2. The fourth-order valence-electron chi connectivity index (χ4n) is 4.46. The van der Waals surface area contributed by atoms with Crippen LogP contribution in [0.25, 0.3) is 0 Å². The highest BCUT2D eigenvalue weighted by atomic mass is 19.1. The van der Waals surface area contributed by atoms with E-state index in [2.05, 4.69) is 0 Å². The second-order valence-electron chi connectivity index (χ2n) is 9.15. The number of amides is 1. The number of ether oxygens (including phenoxy) is 1. The number of carbonyl (C=O) groups excluding carboxylic acids is 1. The largest absolute Gasteiger partial charge is 0.490 e. The molecule has 1 saturated heterocycles. The van der Waals surface area contributed by atoms with Crippen LogP contribution in [0.4, 0.5) is 4.39 Å². The van der Waals surface area contributed by atoms with Gasteiger partial charge in [0.25, 0.3) is 5.91 Å². The Bertz CT molecular complexity index is 919. The van der Waals surface area contributed by atoms with Crippen LogP contribution in [0.1, 0.15) is 48.2 Å². The SMILES string of the molecule is Cc1cc(C(=O)N2CCC3(c4ccc(F)cc4)CC3C2)ccc1OCC(C)(C)O. The van der Waals surface area contributed by atoms with Gasteiger partial charge in [0.15, 0.2) is 0 Å². The molecule has 5 heteroatoms. The number of hydrogen-bond donors (Lipinski definition) is 1. The minimum absolute atomic E-state index is 0.0433. The summed E-state index contributed by atoms with van der Waals surface area (Å²) in [6.45, 7) is 6.95. The molecule has 4 nitrogen and oxygen atoms in total. The molecule has 1 saturated carbocycles. The number of piperidine rings is 1. The van der Waals surface area contributed by atoms with Gasteiger partial charge in [-0.05, 0) is 81.0 Å². The Morgan fingerprint density at radius 3 is 2.62 bits per heavy atom. The molecule has 2 aliphatic rings. The summed E-state index contributed by atoms with van der Waals surface area (Å²) in [4.78, 5) is 15.0. The molecule has 1 aliphatic heterocycles. The molecule has 29 heavy (non-hydrogen) atoms. The van der Waals surface area contributed by atoms with Crippen molar-refractivity contribution in [2.24, 2.45) is 5.92 Å². The van der Waals surface area contributed by atoms with Gasteiger partial charge in [-0.3, -0.25) is 4.79 Å². The number of carbonyl (C=O) groups is 1. The number of halogens is 1. The second-order valence-corrected chi connectivity index (χ2v) is 9.15. The number of fused-ring (bicyclic) bond motifs is 1. The van der Waals surface area contributed by atoms with Crippen LogP contribution in [0.5, 0.6) is 5.75 Å². The van der Waals surface area contributed by atoms with Gasteiger partial charge < -0.3 is 14.7 Å². The van der Waals surface area contributed by atoms with Gasteiger partial charge in [0.05, 0.1) is 5.60 Å². The van der Waals surface area contributed by atoms with E-state index in [1.165, 1.54) is 17.7 Å². The van der Waals surface area contributed by atoms with Gasteiger partial charge in [-0.1, -0.05) is 12.1 Å². The van der Waals surface area contributed by atoms with Crippen LogP contribution in [-0.4, -0.2) is 41.2 Å². The van der Waals surface area contributed by atoms with Crippen molar-refractivity contribution in [3.05, 3.63) is 65.0 Å². The van der Waals surface area contributed by atoms with E-state index in [-0.39, 0.29) is 23.7 Å². The summed E-state index contributed by atoms with van der Waals surface area (Å²) in [6, 6.07) is 12.3. The van der Waals surface area contributed by atoms with E-state index in [1.54, 1.807) is 26.0 Å². The van der Waals surface area contributed by atoms with E-state index >= 15 is 0 Å². The zero-order chi connectivity index (χ0) is 20.8. The lowest BCUT2D eigenvalue weighted by Gasteiger charge is -2.32. The highest BCUT2D eigenvalue weighted by molar-refractivity contribution is 5.94. The lowest BCUT2D eigenvalue weighted by molar-refractivity contribution is 0.0282. The van der Waals surface area contributed by atoms with Crippen molar-refractivity contribution in [3.8, 4) is 5.75 Å². The minimum atomic E-state index is -0.907. The quantitative estimate of drug-likeness (QED) is 0.827. The van der Waals surface area contributed by atoms with Crippen molar-refractivity contribution in [2.75, 3.05) is 19.7 Å². The topological polar surface area (TPSA) is 49.8 Å². The van der Waals surface area contributed by atoms with Crippen LogP contribution in [-0.2, 0) is 5.41 Å². The first-order valence-corrected chi connectivity index (χ1v) is 10.2. The number of nitrogens with zero attached hydrogens (tertiary/aromatic N) is 1. The Hall–Kier alpha value is -2.40. The van der Waals surface area contributed by atoms with Crippen LogP contribution in [0.3, 0.4) is 0 Å². The molecular weight excluding hydrogens is 369 g/mol. The normalized spacial score (nSPS) is 23.5. The highest BCUT2D eigenvalue weighted by Crippen LogP contribution is 2.59. The summed E-state index contributed by atoms with van der Waals surface area (Å²) in [5.74, 6) is 0.961. The van der Waals surface area contributed by atoms with Gasteiger partial charge >= 0.3 is 0 Å². The molecule has 4 rings (SSSR count). The van der Waals surface area contributed by atoms with E-state index in [9.17, 15) is 14.3 Å². The minimum Gasteiger partial charge on any atom is -0.490 e. The number of rotatable bonds is 5. The summed E-state index contributed by atoms with van der Waals surface area (Å²) >= 11 is 0. The molecule has 1 N–H and O–H groups in total. The van der Waals surface area contributed by atoms with Crippen molar-refractivity contribution in [3.63, 3.8) is 0 Å². The average molecular weight is 397 g/mol. The standard InChI is InChI=1S/C24H28FNO3/c1-16-12-17(4-9-21(16)29-15-23(2,3)28)22(27)26-11-10-24(13-19(24)14-26)18-5-7-20(25)8-6-18/h4-9,12,19,28H,10-11,13-15H2,1-3H3. The summed E-state index contributed by atoms with van der Waals surface area (Å²) < 4.78 is 18.9. The highest BCUT2D eigenvalue weighted by Gasteiger charge is 2.57. The molecule has 2 fully saturated rings. The van der Waals surface area contributed by atoms with Gasteiger partial charge in [-0.15, -0.1) is 0 Å². The molecule has 2 unspecified atom stereocenters. The Morgan fingerprint density at radius 1 is 1.28 bits per heavy atom. The number of likely N-dealkylation sites (tertiary alicyclic amines) is 1. The summed E-state index contributed by atoms with van der Waals surface area (Å²) in [5, 5.41) is 9.82. The predicted octanol–water partition coefficient (Wildman–Crippen LogP) is 4.09. The number of aryl methyl sites for hydroxylation is 1. The van der Waals surface area contributed by atoms with Crippen molar-refractivity contribution in [2.45, 2.75) is 44.6 Å². The Kier molecular flexibility index (Phi) is 4.89. The summed E-state index contributed by atoms with van der Waals surface area (Å²) in [6.07, 6.45) is 1.98. The van der Waals surface area contributed by atoms with Crippen LogP contribution in [0, 0.1) is 18.7 Å². The molecule has 2 aromatic rings. The summed E-state index contributed by atoms with van der Waals surface area (Å²) in [7, 11) is 0.